The van der Waals surface area contributed by atoms with Gasteiger partial charge in [0.1, 0.15) is 0 Å². The lowest BCUT2D eigenvalue weighted by Gasteiger charge is -2.30. The van der Waals surface area contributed by atoms with Gasteiger partial charge in [-0.2, -0.15) is 13.2 Å². The van der Waals surface area contributed by atoms with Crippen LogP contribution < -0.4 is 0 Å². The number of likely N-dealkylation sites (tertiary alicyclic amines) is 1. The predicted octanol–water partition coefficient (Wildman–Crippen LogP) is 2.86. The Morgan fingerprint density at radius 1 is 1.33 bits per heavy atom. The van der Waals surface area contributed by atoms with E-state index in [1.165, 1.54) is 19.1 Å². The van der Waals surface area contributed by atoms with Crippen LogP contribution in [-0.2, 0) is 12.7 Å². The van der Waals surface area contributed by atoms with Crippen LogP contribution in [0, 0.1) is 0 Å². The second-order valence-electron chi connectivity index (χ2n) is 5.43. The van der Waals surface area contributed by atoms with Gasteiger partial charge in [-0.1, -0.05) is 12.1 Å². The van der Waals surface area contributed by atoms with Gasteiger partial charge in [0.25, 0.3) is 0 Å². The Balaban J connectivity index is 2.24. The van der Waals surface area contributed by atoms with Gasteiger partial charge in [0.15, 0.2) is 5.78 Å². The molecule has 116 valence electrons. The second-order valence-corrected chi connectivity index (χ2v) is 5.43. The van der Waals surface area contributed by atoms with Crippen LogP contribution >= 0.6 is 0 Å². The number of alkyl halides is 3. The molecule has 3 nitrogen and oxygen atoms in total. The van der Waals surface area contributed by atoms with E-state index in [1.54, 1.807) is 0 Å². The molecule has 0 aliphatic carbocycles. The summed E-state index contributed by atoms with van der Waals surface area (Å²) in [4.78, 5) is 13.1. The van der Waals surface area contributed by atoms with Crippen LogP contribution in [0.3, 0.4) is 0 Å². The minimum absolute atomic E-state index is 0.0696. The third kappa shape index (κ3) is 4.04. The van der Waals surface area contributed by atoms with E-state index in [9.17, 15) is 23.1 Å². The molecule has 6 heteroatoms. The predicted molar refractivity (Wildman–Crippen MR) is 72.0 cm³/mol. The first-order valence-corrected chi connectivity index (χ1v) is 6.89. The van der Waals surface area contributed by atoms with E-state index in [1.807, 2.05) is 4.90 Å². The molecule has 1 saturated heterocycles. The highest BCUT2D eigenvalue weighted by Crippen LogP contribution is 2.33. The average Bonchev–Trinajstić information content (AvgIpc) is 2.40. The summed E-state index contributed by atoms with van der Waals surface area (Å²) in [6.45, 7) is 2.58. The SMILES string of the molecule is CC(=O)c1ccc(CN2CCC(O)CC2)c(C(F)(F)F)c1. The molecule has 0 aromatic heterocycles. The molecule has 1 heterocycles. The summed E-state index contributed by atoms with van der Waals surface area (Å²) in [7, 11) is 0. The van der Waals surface area contributed by atoms with Crippen molar-refractivity contribution in [1.82, 2.24) is 4.90 Å². The fourth-order valence-corrected chi connectivity index (χ4v) is 2.52. The number of halogens is 3. The molecular weight excluding hydrogens is 283 g/mol. The molecule has 0 atom stereocenters. The Bertz CT molecular complexity index is 520. The van der Waals surface area contributed by atoms with Crippen molar-refractivity contribution >= 4 is 5.78 Å². The van der Waals surface area contributed by atoms with Crippen molar-refractivity contribution in [3.05, 3.63) is 34.9 Å². The normalized spacial score (nSPS) is 18.0. The summed E-state index contributed by atoms with van der Waals surface area (Å²) < 4.78 is 39.4. The van der Waals surface area contributed by atoms with E-state index < -0.39 is 11.7 Å². The van der Waals surface area contributed by atoms with Crippen LogP contribution in [0.2, 0.25) is 0 Å². The van der Waals surface area contributed by atoms with Gasteiger partial charge in [0.05, 0.1) is 11.7 Å². The Kier molecular flexibility index (Phi) is 4.68. The number of piperidine rings is 1. The molecule has 0 bridgehead atoms. The number of hydrogen-bond donors (Lipinski definition) is 1. The molecule has 1 N–H and O–H groups in total. The fraction of sp³-hybridized carbons (Fsp3) is 0.533. The van der Waals surface area contributed by atoms with Crippen molar-refractivity contribution in [3.63, 3.8) is 0 Å². The number of ketones is 1. The summed E-state index contributed by atoms with van der Waals surface area (Å²) in [5.74, 6) is -0.381. The minimum atomic E-state index is -4.48. The lowest BCUT2D eigenvalue weighted by Crippen LogP contribution is -2.35. The highest BCUT2D eigenvalue weighted by atomic mass is 19.4. The number of aliphatic hydroxyl groups excluding tert-OH is 1. The number of nitrogens with zero attached hydrogens (tertiary/aromatic N) is 1. The topological polar surface area (TPSA) is 40.5 Å². The van der Waals surface area contributed by atoms with Gasteiger partial charge in [-0.3, -0.25) is 9.69 Å². The van der Waals surface area contributed by atoms with Gasteiger partial charge in [0.2, 0.25) is 0 Å². The van der Waals surface area contributed by atoms with Gasteiger partial charge >= 0.3 is 6.18 Å². The third-order valence-electron chi connectivity index (χ3n) is 3.77. The van der Waals surface area contributed by atoms with Crippen LogP contribution in [0.1, 0.15) is 41.3 Å². The summed E-state index contributed by atoms with van der Waals surface area (Å²) in [6.07, 6.45) is -3.68. The molecule has 1 aromatic carbocycles. The standard InChI is InChI=1S/C15H18F3NO2/c1-10(20)11-2-3-12(14(8-11)15(16,17)18)9-19-6-4-13(21)5-7-19/h2-3,8,13,21H,4-7,9H2,1H3. The third-order valence-corrected chi connectivity index (χ3v) is 3.77. The molecule has 1 fully saturated rings. The zero-order valence-corrected chi connectivity index (χ0v) is 11.8. The first-order chi connectivity index (χ1) is 9.77. The van der Waals surface area contributed by atoms with Gasteiger partial charge < -0.3 is 5.11 Å². The van der Waals surface area contributed by atoms with Crippen LogP contribution in [0.15, 0.2) is 18.2 Å². The molecule has 0 radical (unpaired) electrons. The fourth-order valence-electron chi connectivity index (χ4n) is 2.52. The summed E-state index contributed by atoms with van der Waals surface area (Å²) in [5, 5.41) is 9.43. The van der Waals surface area contributed by atoms with E-state index in [-0.39, 0.29) is 29.6 Å². The molecule has 1 aliphatic heterocycles. The Morgan fingerprint density at radius 2 is 1.95 bits per heavy atom. The van der Waals surface area contributed by atoms with Crippen LogP contribution in [0.25, 0.3) is 0 Å². The monoisotopic (exact) mass is 301 g/mol. The molecule has 21 heavy (non-hydrogen) atoms. The zero-order chi connectivity index (χ0) is 15.6. The Labute approximate surface area is 121 Å². The van der Waals surface area contributed by atoms with Crippen molar-refractivity contribution in [2.75, 3.05) is 13.1 Å². The van der Waals surface area contributed by atoms with E-state index in [0.717, 1.165) is 6.07 Å². The molecule has 0 spiro atoms. The average molecular weight is 301 g/mol. The number of Topliss-reactive ketones (excluding diaryl/α,β-unsaturated/α-hetero) is 1. The number of aliphatic hydroxyl groups is 1. The molecule has 1 aliphatic rings. The van der Waals surface area contributed by atoms with Gasteiger partial charge in [-0.15, -0.1) is 0 Å². The summed E-state index contributed by atoms with van der Waals surface area (Å²) >= 11 is 0. The second kappa shape index (κ2) is 6.15. The maximum atomic E-state index is 13.1. The number of benzene rings is 1. The number of rotatable bonds is 3. The summed E-state index contributed by atoms with van der Waals surface area (Å²) in [5.41, 5.74) is -0.509. The summed E-state index contributed by atoms with van der Waals surface area (Å²) in [6, 6.07) is 3.74. The van der Waals surface area contributed by atoms with E-state index in [2.05, 4.69) is 0 Å². The van der Waals surface area contributed by atoms with Crippen LogP contribution in [0.4, 0.5) is 13.2 Å². The van der Waals surface area contributed by atoms with E-state index in [0.29, 0.717) is 25.9 Å². The minimum Gasteiger partial charge on any atom is -0.393 e. The molecule has 0 unspecified atom stereocenters. The maximum Gasteiger partial charge on any atom is 0.416 e. The lowest BCUT2D eigenvalue weighted by atomic mass is 10.00. The largest absolute Gasteiger partial charge is 0.416 e. The van der Waals surface area contributed by atoms with Crippen molar-refractivity contribution in [2.45, 2.75) is 38.6 Å². The highest BCUT2D eigenvalue weighted by Gasteiger charge is 2.34. The number of hydrogen-bond acceptors (Lipinski definition) is 3. The van der Waals surface area contributed by atoms with Crippen molar-refractivity contribution in [1.29, 1.82) is 0 Å². The maximum absolute atomic E-state index is 13.1. The van der Waals surface area contributed by atoms with Gasteiger partial charge in [-0.25, -0.2) is 0 Å². The molecular formula is C15H18F3NO2. The molecule has 1 aromatic rings. The van der Waals surface area contributed by atoms with E-state index >= 15 is 0 Å². The van der Waals surface area contributed by atoms with Crippen LogP contribution in [0.5, 0.6) is 0 Å². The smallest absolute Gasteiger partial charge is 0.393 e. The Hall–Kier alpha value is -1.40. The number of carbonyl (C=O) groups excluding carboxylic acids is 1. The van der Waals surface area contributed by atoms with Crippen molar-refractivity contribution < 1.29 is 23.1 Å². The molecule has 2 rings (SSSR count). The highest BCUT2D eigenvalue weighted by molar-refractivity contribution is 5.94. The molecule has 0 amide bonds. The van der Waals surface area contributed by atoms with E-state index in [4.69, 9.17) is 0 Å². The molecule has 0 saturated carbocycles. The van der Waals surface area contributed by atoms with Crippen molar-refractivity contribution in [2.24, 2.45) is 0 Å². The quantitative estimate of drug-likeness (QED) is 0.873. The van der Waals surface area contributed by atoms with Gasteiger partial charge in [0, 0.05) is 25.2 Å². The van der Waals surface area contributed by atoms with Crippen LogP contribution in [-0.4, -0.2) is 35.0 Å². The first-order valence-electron chi connectivity index (χ1n) is 6.89. The van der Waals surface area contributed by atoms with Gasteiger partial charge in [-0.05, 0) is 31.4 Å². The Morgan fingerprint density at radius 3 is 2.48 bits per heavy atom. The first kappa shape index (κ1) is 16.0. The zero-order valence-electron chi connectivity index (χ0n) is 11.8. The number of carbonyl (C=O) groups is 1. The lowest BCUT2D eigenvalue weighted by molar-refractivity contribution is -0.138. The van der Waals surface area contributed by atoms with Crippen molar-refractivity contribution in [3.8, 4) is 0 Å².